The van der Waals surface area contributed by atoms with Gasteiger partial charge in [-0.05, 0) is 66.5 Å². The summed E-state index contributed by atoms with van der Waals surface area (Å²) in [5.74, 6) is 0. The van der Waals surface area contributed by atoms with Gasteiger partial charge >= 0.3 is 0 Å². The minimum atomic E-state index is 0.198. The number of hydrogen-bond donors (Lipinski definition) is 1. The fraction of sp³-hybridized carbons (Fsp3) is 0.800. The monoisotopic (exact) mass is 251 g/mol. The van der Waals surface area contributed by atoms with Crippen LogP contribution >= 0.6 is 0 Å². The van der Waals surface area contributed by atoms with E-state index in [1.54, 1.807) is 0 Å². The molecule has 0 aliphatic rings. The zero-order chi connectivity index (χ0) is 13.9. The van der Waals surface area contributed by atoms with Gasteiger partial charge in [0.15, 0.2) is 0 Å². The van der Waals surface area contributed by atoms with Gasteiger partial charge in [0.2, 0.25) is 0 Å². The highest BCUT2D eigenvalue weighted by atomic mass is 15.3. The van der Waals surface area contributed by atoms with E-state index in [0.29, 0.717) is 6.04 Å². The van der Waals surface area contributed by atoms with Crippen LogP contribution in [0.4, 0.5) is 0 Å². The molecule has 0 saturated carbocycles. The van der Waals surface area contributed by atoms with Crippen LogP contribution in [-0.4, -0.2) is 21.9 Å². The van der Waals surface area contributed by atoms with E-state index >= 15 is 0 Å². The molecule has 1 aromatic rings. The highest BCUT2D eigenvalue weighted by Crippen LogP contribution is 2.19. The molecule has 1 heterocycles. The van der Waals surface area contributed by atoms with Crippen LogP contribution in [0.2, 0.25) is 0 Å². The summed E-state index contributed by atoms with van der Waals surface area (Å²) in [6.07, 6.45) is 2.19. The van der Waals surface area contributed by atoms with Crippen molar-refractivity contribution in [3.63, 3.8) is 0 Å². The number of nitrogens with one attached hydrogen (secondary N) is 1. The molecule has 3 nitrogen and oxygen atoms in total. The summed E-state index contributed by atoms with van der Waals surface area (Å²) in [5.41, 5.74) is 4.12. The number of aryl methyl sites for hydroxylation is 1. The molecule has 0 bridgehead atoms. The Balaban J connectivity index is 2.65. The first-order valence-corrected chi connectivity index (χ1v) is 7.06. The van der Waals surface area contributed by atoms with Crippen molar-refractivity contribution in [3.8, 4) is 0 Å². The smallest absolute Gasteiger partial charge is 0.0628 e. The molecule has 0 radical (unpaired) electrons. The van der Waals surface area contributed by atoms with E-state index in [2.05, 4.69) is 63.6 Å². The molecule has 0 aromatic carbocycles. The van der Waals surface area contributed by atoms with Gasteiger partial charge in [-0.15, -0.1) is 0 Å². The fourth-order valence-electron chi connectivity index (χ4n) is 2.42. The largest absolute Gasteiger partial charge is 0.312 e. The van der Waals surface area contributed by atoms with Crippen molar-refractivity contribution in [1.29, 1.82) is 0 Å². The lowest BCUT2D eigenvalue weighted by Crippen LogP contribution is -2.37. The Hall–Kier alpha value is -0.830. The van der Waals surface area contributed by atoms with Crippen LogP contribution in [0.5, 0.6) is 0 Å². The zero-order valence-corrected chi connectivity index (χ0v) is 13.1. The maximum Gasteiger partial charge on any atom is 0.0628 e. The summed E-state index contributed by atoms with van der Waals surface area (Å²) in [7, 11) is 0. The molecule has 18 heavy (non-hydrogen) atoms. The van der Waals surface area contributed by atoms with Gasteiger partial charge in [0.25, 0.3) is 0 Å². The maximum atomic E-state index is 4.68. The van der Waals surface area contributed by atoms with Gasteiger partial charge in [-0.25, -0.2) is 0 Å². The zero-order valence-electron chi connectivity index (χ0n) is 13.1. The molecule has 1 rings (SSSR count). The molecule has 0 spiro atoms. The van der Waals surface area contributed by atoms with Crippen LogP contribution < -0.4 is 5.32 Å². The number of aromatic nitrogens is 2. The molecule has 104 valence electrons. The average Bonchev–Trinajstić information content (AvgIpc) is 2.52. The van der Waals surface area contributed by atoms with E-state index in [1.807, 2.05) is 0 Å². The van der Waals surface area contributed by atoms with Gasteiger partial charge in [-0.2, -0.15) is 5.10 Å². The summed E-state index contributed by atoms with van der Waals surface area (Å²) in [4.78, 5) is 0. The molecule has 0 aliphatic heterocycles. The topological polar surface area (TPSA) is 29.9 Å². The van der Waals surface area contributed by atoms with Crippen LogP contribution in [0, 0.1) is 13.8 Å². The Kier molecular flexibility index (Phi) is 4.97. The normalized spacial score (nSPS) is 13.9. The predicted octanol–water partition coefficient (Wildman–Crippen LogP) is 3.40. The SMILES string of the molecule is CCc1c(C)nn(C(C)CCNC(C)(C)C)c1C. The number of hydrogen-bond acceptors (Lipinski definition) is 2. The van der Waals surface area contributed by atoms with Crippen molar-refractivity contribution in [2.45, 2.75) is 72.9 Å². The molecule has 1 aromatic heterocycles. The lowest BCUT2D eigenvalue weighted by molar-refractivity contribution is 0.376. The molecular formula is C15H29N3. The third-order valence-corrected chi connectivity index (χ3v) is 3.46. The van der Waals surface area contributed by atoms with Crippen LogP contribution in [0.25, 0.3) is 0 Å². The van der Waals surface area contributed by atoms with Crippen molar-refractivity contribution < 1.29 is 0 Å². The molecule has 0 amide bonds. The van der Waals surface area contributed by atoms with Gasteiger partial charge < -0.3 is 5.32 Å². The first-order chi connectivity index (χ1) is 8.26. The minimum Gasteiger partial charge on any atom is -0.312 e. The second-order valence-corrected chi connectivity index (χ2v) is 6.26. The summed E-state index contributed by atoms with van der Waals surface area (Å²) in [5, 5.41) is 8.22. The lowest BCUT2D eigenvalue weighted by Gasteiger charge is -2.22. The molecule has 0 aliphatic carbocycles. The summed E-state index contributed by atoms with van der Waals surface area (Å²) in [6.45, 7) is 16.4. The first-order valence-electron chi connectivity index (χ1n) is 7.06. The summed E-state index contributed by atoms with van der Waals surface area (Å²) < 4.78 is 2.19. The molecule has 1 N–H and O–H groups in total. The van der Waals surface area contributed by atoms with Crippen LogP contribution in [-0.2, 0) is 6.42 Å². The Morgan fingerprint density at radius 3 is 2.33 bits per heavy atom. The van der Waals surface area contributed by atoms with Crippen molar-refractivity contribution >= 4 is 0 Å². The molecule has 0 saturated heterocycles. The van der Waals surface area contributed by atoms with Crippen molar-refractivity contribution in [1.82, 2.24) is 15.1 Å². The molecule has 0 fully saturated rings. The van der Waals surface area contributed by atoms with Gasteiger partial charge in [-0.1, -0.05) is 6.92 Å². The van der Waals surface area contributed by atoms with Crippen molar-refractivity contribution in [2.75, 3.05) is 6.54 Å². The van der Waals surface area contributed by atoms with Crippen LogP contribution in [0.3, 0.4) is 0 Å². The van der Waals surface area contributed by atoms with Gasteiger partial charge in [-0.3, -0.25) is 4.68 Å². The van der Waals surface area contributed by atoms with Crippen molar-refractivity contribution in [2.24, 2.45) is 0 Å². The van der Waals surface area contributed by atoms with E-state index in [9.17, 15) is 0 Å². The van der Waals surface area contributed by atoms with Gasteiger partial charge in [0.05, 0.1) is 11.7 Å². The third-order valence-electron chi connectivity index (χ3n) is 3.46. The number of rotatable bonds is 5. The Bertz CT molecular complexity index is 385. The standard InChI is InChI=1S/C15H29N3/c1-8-14-12(3)17-18(13(14)4)11(2)9-10-16-15(5,6)7/h11,16H,8-10H2,1-7H3. The third kappa shape index (κ3) is 3.84. The Labute approximate surface area is 112 Å². The molecule has 1 atom stereocenters. The minimum absolute atomic E-state index is 0.198. The quantitative estimate of drug-likeness (QED) is 0.869. The highest BCUT2D eigenvalue weighted by Gasteiger charge is 2.15. The van der Waals surface area contributed by atoms with Crippen molar-refractivity contribution in [3.05, 3.63) is 17.0 Å². The number of nitrogens with zero attached hydrogens (tertiary/aromatic N) is 2. The Morgan fingerprint density at radius 2 is 1.89 bits per heavy atom. The van der Waals surface area contributed by atoms with Gasteiger partial charge in [0.1, 0.15) is 0 Å². The van der Waals surface area contributed by atoms with Crippen LogP contribution in [0.15, 0.2) is 0 Å². The van der Waals surface area contributed by atoms with E-state index < -0.39 is 0 Å². The fourth-order valence-corrected chi connectivity index (χ4v) is 2.42. The predicted molar refractivity (Wildman–Crippen MR) is 78.2 cm³/mol. The van der Waals surface area contributed by atoms with E-state index in [4.69, 9.17) is 0 Å². The van der Waals surface area contributed by atoms with E-state index in [-0.39, 0.29) is 5.54 Å². The molecule has 1 unspecified atom stereocenters. The van der Waals surface area contributed by atoms with Crippen LogP contribution in [0.1, 0.15) is 64.0 Å². The molecular weight excluding hydrogens is 222 g/mol. The average molecular weight is 251 g/mol. The van der Waals surface area contributed by atoms with E-state index in [1.165, 1.54) is 17.0 Å². The Morgan fingerprint density at radius 1 is 1.28 bits per heavy atom. The molecule has 3 heteroatoms. The second-order valence-electron chi connectivity index (χ2n) is 6.26. The summed E-state index contributed by atoms with van der Waals surface area (Å²) >= 11 is 0. The highest BCUT2D eigenvalue weighted by molar-refractivity contribution is 5.24. The second kappa shape index (κ2) is 5.87. The summed E-state index contributed by atoms with van der Waals surface area (Å²) in [6, 6.07) is 0.457. The lowest BCUT2D eigenvalue weighted by atomic mass is 10.1. The van der Waals surface area contributed by atoms with E-state index in [0.717, 1.165) is 19.4 Å². The first kappa shape index (κ1) is 15.2. The van der Waals surface area contributed by atoms with Gasteiger partial charge in [0, 0.05) is 11.2 Å². The maximum absolute atomic E-state index is 4.68.